The van der Waals surface area contributed by atoms with Crippen LogP contribution in [0.2, 0.25) is 0 Å². The van der Waals surface area contributed by atoms with Crippen molar-refractivity contribution >= 4 is 17.7 Å². The SMILES string of the molecule is CSC1(CNC(=O)c2ccccc2C#CCN)CC1. The third-order valence-electron chi connectivity index (χ3n) is 3.31. The van der Waals surface area contributed by atoms with Gasteiger partial charge in [-0.05, 0) is 31.2 Å². The minimum atomic E-state index is -0.0535. The summed E-state index contributed by atoms with van der Waals surface area (Å²) in [6.45, 7) is 1.02. The van der Waals surface area contributed by atoms with Crippen LogP contribution in [0.5, 0.6) is 0 Å². The molecule has 1 saturated carbocycles. The van der Waals surface area contributed by atoms with E-state index in [2.05, 4.69) is 23.4 Å². The molecule has 0 bridgehead atoms. The fourth-order valence-electron chi connectivity index (χ4n) is 1.87. The molecule has 1 aromatic rings. The summed E-state index contributed by atoms with van der Waals surface area (Å²) in [7, 11) is 0. The summed E-state index contributed by atoms with van der Waals surface area (Å²) in [4.78, 5) is 12.2. The Kier molecular flexibility index (Phi) is 4.52. The van der Waals surface area contributed by atoms with Crippen molar-refractivity contribution in [3.63, 3.8) is 0 Å². The van der Waals surface area contributed by atoms with Gasteiger partial charge in [0.05, 0.1) is 12.1 Å². The summed E-state index contributed by atoms with van der Waals surface area (Å²) < 4.78 is 0.271. The van der Waals surface area contributed by atoms with Crippen molar-refractivity contribution in [3.8, 4) is 11.8 Å². The summed E-state index contributed by atoms with van der Waals surface area (Å²) in [6.07, 6.45) is 4.46. The van der Waals surface area contributed by atoms with Gasteiger partial charge in [0.15, 0.2) is 0 Å². The van der Waals surface area contributed by atoms with E-state index in [1.165, 1.54) is 12.8 Å². The lowest BCUT2D eigenvalue weighted by Crippen LogP contribution is -2.32. The van der Waals surface area contributed by atoms with Crippen molar-refractivity contribution in [2.24, 2.45) is 5.73 Å². The van der Waals surface area contributed by atoms with Gasteiger partial charge in [0.2, 0.25) is 0 Å². The number of amides is 1. The molecule has 0 spiro atoms. The number of benzene rings is 1. The van der Waals surface area contributed by atoms with Crippen LogP contribution >= 0.6 is 11.8 Å². The van der Waals surface area contributed by atoms with E-state index in [1.54, 1.807) is 6.07 Å². The Morgan fingerprint density at radius 2 is 2.21 bits per heavy atom. The molecule has 0 aliphatic heterocycles. The zero-order valence-electron chi connectivity index (χ0n) is 11.0. The fourth-order valence-corrected chi connectivity index (χ4v) is 2.59. The van der Waals surface area contributed by atoms with Crippen LogP contribution in [0.15, 0.2) is 24.3 Å². The molecule has 1 aromatic carbocycles. The standard InChI is InChI=1S/C15H18N2OS/c1-19-15(8-9-15)11-17-14(18)13-7-3-2-5-12(13)6-4-10-16/h2-3,5,7H,8-11,16H2,1H3,(H,17,18). The quantitative estimate of drug-likeness (QED) is 0.820. The number of carbonyl (C=O) groups is 1. The van der Waals surface area contributed by atoms with Crippen molar-refractivity contribution < 1.29 is 4.79 Å². The van der Waals surface area contributed by atoms with E-state index < -0.39 is 0 Å². The molecule has 4 heteroatoms. The molecular weight excluding hydrogens is 256 g/mol. The fraction of sp³-hybridized carbons (Fsp3) is 0.400. The Morgan fingerprint density at radius 1 is 1.47 bits per heavy atom. The average Bonchev–Trinajstić information content (AvgIpc) is 3.23. The number of rotatable bonds is 4. The Hall–Kier alpha value is -1.44. The van der Waals surface area contributed by atoms with Crippen molar-refractivity contribution in [3.05, 3.63) is 35.4 Å². The van der Waals surface area contributed by atoms with Crippen molar-refractivity contribution in [2.45, 2.75) is 17.6 Å². The zero-order chi connectivity index (χ0) is 13.7. The summed E-state index contributed by atoms with van der Waals surface area (Å²) in [5, 5.41) is 3.01. The Bertz CT molecular complexity index is 526. The van der Waals surface area contributed by atoms with Gasteiger partial charge in [0.1, 0.15) is 0 Å². The van der Waals surface area contributed by atoms with Crippen molar-refractivity contribution in [1.82, 2.24) is 5.32 Å². The first-order chi connectivity index (χ1) is 9.21. The molecular formula is C15H18N2OS. The monoisotopic (exact) mass is 274 g/mol. The van der Waals surface area contributed by atoms with E-state index >= 15 is 0 Å². The van der Waals surface area contributed by atoms with Gasteiger partial charge in [-0.3, -0.25) is 4.79 Å². The van der Waals surface area contributed by atoms with Crippen LogP contribution in [0.3, 0.4) is 0 Å². The van der Waals surface area contributed by atoms with Crippen LogP contribution in [0.4, 0.5) is 0 Å². The highest BCUT2D eigenvalue weighted by Gasteiger charge is 2.41. The largest absolute Gasteiger partial charge is 0.351 e. The van der Waals surface area contributed by atoms with Crippen LogP contribution in [0.1, 0.15) is 28.8 Å². The van der Waals surface area contributed by atoms with E-state index in [4.69, 9.17) is 5.73 Å². The maximum absolute atomic E-state index is 12.2. The third-order valence-corrected chi connectivity index (χ3v) is 4.73. The maximum Gasteiger partial charge on any atom is 0.252 e. The van der Waals surface area contributed by atoms with Gasteiger partial charge in [-0.2, -0.15) is 11.8 Å². The van der Waals surface area contributed by atoms with E-state index in [0.717, 1.165) is 12.1 Å². The predicted octanol–water partition coefficient (Wildman–Crippen LogP) is 1.62. The van der Waals surface area contributed by atoms with Gasteiger partial charge in [-0.1, -0.05) is 24.0 Å². The molecule has 0 heterocycles. The molecule has 0 saturated heterocycles. The Morgan fingerprint density at radius 3 is 2.84 bits per heavy atom. The minimum absolute atomic E-state index is 0.0535. The number of carbonyl (C=O) groups excluding carboxylic acids is 1. The molecule has 0 aromatic heterocycles. The second-order valence-corrected chi connectivity index (χ2v) is 5.90. The molecule has 1 amide bonds. The summed E-state index contributed by atoms with van der Waals surface area (Å²) in [5.74, 6) is 5.68. The highest BCUT2D eigenvalue weighted by molar-refractivity contribution is 8.00. The lowest BCUT2D eigenvalue weighted by Gasteiger charge is -2.13. The van der Waals surface area contributed by atoms with Gasteiger partial charge in [-0.15, -0.1) is 0 Å². The number of hydrogen-bond acceptors (Lipinski definition) is 3. The normalized spacial score (nSPS) is 15.3. The average molecular weight is 274 g/mol. The number of nitrogens with one attached hydrogen (secondary N) is 1. The first-order valence-corrected chi connectivity index (χ1v) is 7.54. The smallest absolute Gasteiger partial charge is 0.252 e. The number of thioether (sulfide) groups is 1. The first-order valence-electron chi connectivity index (χ1n) is 6.32. The van der Waals surface area contributed by atoms with E-state index in [9.17, 15) is 4.79 Å². The molecule has 3 N–H and O–H groups in total. The Balaban J connectivity index is 2.06. The molecule has 0 radical (unpaired) electrons. The van der Waals surface area contributed by atoms with Crippen LogP contribution in [-0.4, -0.2) is 30.0 Å². The summed E-state index contributed by atoms with van der Waals surface area (Å²) in [6, 6.07) is 7.37. The minimum Gasteiger partial charge on any atom is -0.351 e. The lowest BCUT2D eigenvalue weighted by molar-refractivity contribution is 0.0953. The molecule has 2 rings (SSSR count). The van der Waals surface area contributed by atoms with E-state index in [0.29, 0.717) is 12.1 Å². The Labute approximate surface area is 118 Å². The van der Waals surface area contributed by atoms with E-state index in [1.807, 2.05) is 30.0 Å². The second-order valence-electron chi connectivity index (χ2n) is 4.62. The molecule has 0 atom stereocenters. The van der Waals surface area contributed by atoms with E-state index in [-0.39, 0.29) is 10.7 Å². The van der Waals surface area contributed by atoms with Crippen LogP contribution in [0.25, 0.3) is 0 Å². The lowest BCUT2D eigenvalue weighted by atomic mass is 10.1. The molecule has 0 unspecified atom stereocenters. The van der Waals surface area contributed by atoms with Gasteiger partial charge in [0, 0.05) is 16.9 Å². The van der Waals surface area contributed by atoms with Gasteiger partial charge in [-0.25, -0.2) is 0 Å². The molecule has 1 aliphatic carbocycles. The molecule has 19 heavy (non-hydrogen) atoms. The molecule has 100 valence electrons. The summed E-state index contributed by atoms with van der Waals surface area (Å²) >= 11 is 1.83. The summed E-state index contributed by atoms with van der Waals surface area (Å²) in [5.41, 5.74) is 6.73. The van der Waals surface area contributed by atoms with Gasteiger partial charge >= 0.3 is 0 Å². The molecule has 3 nitrogen and oxygen atoms in total. The van der Waals surface area contributed by atoms with Crippen LogP contribution in [0, 0.1) is 11.8 Å². The highest BCUT2D eigenvalue weighted by atomic mass is 32.2. The highest BCUT2D eigenvalue weighted by Crippen LogP contribution is 2.46. The third kappa shape index (κ3) is 3.52. The zero-order valence-corrected chi connectivity index (χ0v) is 11.8. The predicted molar refractivity (Wildman–Crippen MR) is 80.2 cm³/mol. The van der Waals surface area contributed by atoms with Crippen LogP contribution < -0.4 is 11.1 Å². The van der Waals surface area contributed by atoms with Gasteiger partial charge in [0.25, 0.3) is 5.91 Å². The van der Waals surface area contributed by atoms with Crippen molar-refractivity contribution in [1.29, 1.82) is 0 Å². The first kappa shape index (κ1) is 14.0. The van der Waals surface area contributed by atoms with Crippen LogP contribution in [-0.2, 0) is 0 Å². The van der Waals surface area contributed by atoms with Gasteiger partial charge < -0.3 is 11.1 Å². The molecule has 1 fully saturated rings. The maximum atomic E-state index is 12.2. The number of hydrogen-bond donors (Lipinski definition) is 2. The number of nitrogens with two attached hydrogens (primary N) is 1. The topological polar surface area (TPSA) is 55.1 Å². The second kappa shape index (κ2) is 6.14. The molecule has 1 aliphatic rings. The van der Waals surface area contributed by atoms with Crippen molar-refractivity contribution in [2.75, 3.05) is 19.3 Å².